The molecule has 0 aliphatic carbocycles. The molecular formula is C43H42N13O10S3-. The van der Waals surface area contributed by atoms with E-state index in [-0.39, 0.29) is 37.8 Å². The molecule has 8 aromatic rings. The quantitative estimate of drug-likeness (QED) is 0.0328. The number of anilines is 2. The Morgan fingerprint density at radius 2 is 1.25 bits per heavy atom. The second kappa shape index (κ2) is 20.3. The lowest BCUT2D eigenvalue weighted by atomic mass is 10.1. The maximum atomic E-state index is 13.2. The average Bonchev–Trinajstić information content (AvgIpc) is 4.20. The lowest BCUT2D eigenvalue weighted by molar-refractivity contribution is -0.165. The summed E-state index contributed by atoms with van der Waals surface area (Å²) >= 11 is -0.0778. The van der Waals surface area contributed by atoms with Crippen molar-refractivity contribution in [3.05, 3.63) is 73.7 Å². The van der Waals surface area contributed by atoms with E-state index < -0.39 is 28.8 Å². The number of rotatable bonds is 19. The summed E-state index contributed by atoms with van der Waals surface area (Å²) in [7, 11) is 0. The SMILES string of the molecule is Nc1ncnc2c1nc(Sc1cc3c(cc1-c1ccco1)OCCO3)n2CCNCCN(O)C(=O)CC(NCCn1c(Sc2cc3c(cc2-c2ccco2)OCCO3)nc2c(N)ncnc21)S(=O)[O-]. The molecule has 69 heavy (non-hydrogen) atoms. The minimum Gasteiger partial charge on any atom is -0.771 e. The molecule has 10 rings (SSSR count). The zero-order chi connectivity index (χ0) is 47.4. The van der Waals surface area contributed by atoms with E-state index >= 15 is 0 Å². The number of nitrogen functional groups attached to an aromatic ring is 2. The molecule has 0 bridgehead atoms. The smallest absolute Gasteiger partial charge is 0.248 e. The molecule has 7 N–H and O–H groups in total. The number of fused-ring (bicyclic) bond motifs is 4. The van der Waals surface area contributed by atoms with Crippen LogP contribution in [-0.4, -0.2) is 122 Å². The molecule has 2 aliphatic heterocycles. The van der Waals surface area contributed by atoms with E-state index in [1.54, 1.807) is 29.2 Å². The van der Waals surface area contributed by atoms with E-state index in [2.05, 4.69) is 30.6 Å². The first-order chi connectivity index (χ1) is 33.7. The summed E-state index contributed by atoms with van der Waals surface area (Å²) in [6.07, 6.45) is 5.31. The highest BCUT2D eigenvalue weighted by Crippen LogP contribution is 2.46. The molecular weight excluding hydrogens is 955 g/mol. The summed E-state index contributed by atoms with van der Waals surface area (Å²) in [6.45, 7) is 2.64. The number of hydrogen-bond acceptors (Lipinski definition) is 22. The molecule has 8 heterocycles. The van der Waals surface area contributed by atoms with Crippen LogP contribution >= 0.6 is 23.5 Å². The van der Waals surface area contributed by atoms with Gasteiger partial charge in [-0.05, 0) is 59.6 Å². The maximum absolute atomic E-state index is 13.2. The lowest BCUT2D eigenvalue weighted by Crippen LogP contribution is -2.42. The van der Waals surface area contributed by atoms with Crippen LogP contribution in [0.15, 0.2) is 103 Å². The third-order valence-electron chi connectivity index (χ3n) is 10.9. The Labute approximate surface area is 402 Å². The molecule has 0 fully saturated rings. The van der Waals surface area contributed by atoms with Crippen LogP contribution in [0.1, 0.15) is 6.42 Å². The maximum Gasteiger partial charge on any atom is 0.248 e. The number of aromatic nitrogens is 8. The summed E-state index contributed by atoms with van der Waals surface area (Å²) in [5, 5.41) is 17.1. The largest absolute Gasteiger partial charge is 0.771 e. The van der Waals surface area contributed by atoms with E-state index in [0.29, 0.717) is 112 Å². The second-order valence-electron chi connectivity index (χ2n) is 15.3. The fraction of sp³-hybridized carbons (Fsp3) is 0.279. The number of hydroxylamine groups is 2. The number of hydrogen-bond donors (Lipinski definition) is 5. The summed E-state index contributed by atoms with van der Waals surface area (Å²) in [6, 6.07) is 14.7. The fourth-order valence-electron chi connectivity index (χ4n) is 7.62. The molecule has 2 unspecified atom stereocenters. The minimum atomic E-state index is -2.74. The van der Waals surface area contributed by atoms with Crippen LogP contribution in [0.3, 0.4) is 0 Å². The average molecular weight is 997 g/mol. The highest BCUT2D eigenvalue weighted by molar-refractivity contribution is 7.99. The molecule has 358 valence electrons. The van der Waals surface area contributed by atoms with E-state index in [1.807, 2.05) is 41.0 Å². The van der Waals surface area contributed by atoms with Crippen molar-refractivity contribution < 1.29 is 46.5 Å². The topological polar surface area (TPSA) is 307 Å². The van der Waals surface area contributed by atoms with Gasteiger partial charge in [0.25, 0.3) is 0 Å². The molecule has 2 aliphatic rings. The summed E-state index contributed by atoms with van der Waals surface area (Å²) < 4.78 is 63.5. The molecule has 26 heteroatoms. The number of benzene rings is 2. The lowest BCUT2D eigenvalue weighted by Gasteiger charge is -2.23. The molecule has 0 saturated carbocycles. The number of ether oxygens (including phenoxy) is 4. The van der Waals surface area contributed by atoms with E-state index in [9.17, 15) is 18.8 Å². The van der Waals surface area contributed by atoms with Gasteiger partial charge in [-0.25, -0.2) is 35.0 Å². The second-order valence-corrected chi connectivity index (χ2v) is 18.4. The Balaban J connectivity index is 0.768. The third kappa shape index (κ3) is 9.85. The monoisotopic (exact) mass is 996 g/mol. The number of nitrogens with one attached hydrogen (secondary N) is 2. The van der Waals surface area contributed by atoms with Gasteiger partial charge >= 0.3 is 0 Å². The van der Waals surface area contributed by atoms with Gasteiger partial charge in [0, 0.05) is 53.6 Å². The van der Waals surface area contributed by atoms with Crippen molar-refractivity contribution in [1.82, 2.24) is 54.7 Å². The number of nitrogens with zero attached hydrogens (tertiary/aromatic N) is 9. The first-order valence-electron chi connectivity index (χ1n) is 21.4. The fourth-order valence-corrected chi connectivity index (χ4v) is 10.3. The molecule has 23 nitrogen and oxygen atoms in total. The van der Waals surface area contributed by atoms with Crippen molar-refractivity contribution in [2.24, 2.45) is 0 Å². The zero-order valence-corrected chi connectivity index (χ0v) is 38.8. The predicted molar refractivity (Wildman–Crippen MR) is 250 cm³/mol. The number of nitrogens with two attached hydrogens (primary N) is 2. The highest BCUT2D eigenvalue weighted by Gasteiger charge is 2.26. The van der Waals surface area contributed by atoms with Crippen LogP contribution in [0.25, 0.3) is 45.0 Å². The Bertz CT molecular complexity index is 3150. The van der Waals surface area contributed by atoms with Crippen molar-refractivity contribution in [2.45, 2.75) is 45.0 Å². The van der Waals surface area contributed by atoms with Crippen molar-refractivity contribution in [3.8, 4) is 45.6 Å². The number of furan rings is 2. The summed E-state index contributed by atoms with van der Waals surface area (Å²) in [5.41, 5.74) is 15.7. The first-order valence-corrected chi connectivity index (χ1v) is 24.2. The van der Waals surface area contributed by atoms with Gasteiger partial charge in [-0.3, -0.25) is 14.2 Å². The van der Waals surface area contributed by atoms with Gasteiger partial charge in [0.15, 0.2) is 67.3 Å². The van der Waals surface area contributed by atoms with Crippen LogP contribution in [0.4, 0.5) is 11.6 Å². The first kappa shape index (κ1) is 45.8. The van der Waals surface area contributed by atoms with Gasteiger partial charge in [-0.15, -0.1) is 0 Å². The third-order valence-corrected chi connectivity index (χ3v) is 13.8. The molecule has 6 aromatic heterocycles. The Hall–Kier alpha value is -6.94. The van der Waals surface area contributed by atoms with Crippen LogP contribution < -0.4 is 41.0 Å². The molecule has 2 atom stereocenters. The number of carbonyl (C=O) groups is 1. The zero-order valence-electron chi connectivity index (χ0n) is 36.3. The van der Waals surface area contributed by atoms with E-state index in [1.165, 1.54) is 36.2 Å². The van der Waals surface area contributed by atoms with E-state index in [0.717, 1.165) is 20.9 Å². The number of amides is 1. The number of carbonyl (C=O) groups excluding carboxylic acids is 1. The van der Waals surface area contributed by atoms with E-state index in [4.69, 9.17) is 49.2 Å². The van der Waals surface area contributed by atoms with Crippen molar-refractivity contribution in [3.63, 3.8) is 0 Å². The van der Waals surface area contributed by atoms with Crippen LogP contribution in [0.2, 0.25) is 0 Å². The molecule has 2 aromatic carbocycles. The standard InChI is InChI=1S/C43H43N13O10S3/c44-38-36-40(50-22-48-38)54(42(52-36)67-32-19-30-28(63-13-15-65-30)17-24(32)26-3-1-11-61-26)8-5-46-6-10-56(58)35(57)21-34(69(59)60)47-7-9-55-41-37(39(45)49-23-51-41)53-43(55)68-33-20-31-29(64-14-16-66-31)18-25(33)27-4-2-12-62-27/h1-4,11-12,17-20,22-23,34,46-47,58H,5-10,13-16,21H2,(H,59,60)(H2,44,48,50)(H2,45,49,51)/p-1. The normalized spacial score (nSPS) is 14.1. The van der Waals surface area contributed by atoms with Gasteiger partial charge in [0.05, 0.1) is 30.9 Å². The Morgan fingerprint density at radius 3 is 1.72 bits per heavy atom. The van der Waals surface area contributed by atoms with Crippen LogP contribution in [0.5, 0.6) is 23.0 Å². The Morgan fingerprint density at radius 1 is 0.754 bits per heavy atom. The Kier molecular flexibility index (Phi) is 13.5. The van der Waals surface area contributed by atoms with Crippen LogP contribution in [0, 0.1) is 0 Å². The molecule has 1 amide bonds. The van der Waals surface area contributed by atoms with Gasteiger partial charge in [-0.1, -0.05) is 23.5 Å². The molecule has 0 spiro atoms. The number of imidazole rings is 2. The van der Waals surface area contributed by atoms with Crippen molar-refractivity contribution in [2.75, 3.05) is 64.1 Å². The van der Waals surface area contributed by atoms with Gasteiger partial charge in [-0.2, -0.15) is 0 Å². The molecule has 0 radical (unpaired) electrons. The van der Waals surface area contributed by atoms with Crippen molar-refractivity contribution in [1.29, 1.82) is 0 Å². The summed E-state index contributed by atoms with van der Waals surface area (Å²) in [4.78, 5) is 41.4. The summed E-state index contributed by atoms with van der Waals surface area (Å²) in [5.74, 6) is 3.15. The van der Waals surface area contributed by atoms with Gasteiger partial charge < -0.3 is 63.6 Å². The predicted octanol–water partition coefficient (Wildman–Crippen LogP) is 4.19. The van der Waals surface area contributed by atoms with Gasteiger partial charge in [0.2, 0.25) is 5.91 Å². The minimum absolute atomic E-state index is 0.0621. The molecule has 0 saturated heterocycles. The van der Waals surface area contributed by atoms with Crippen molar-refractivity contribution >= 4 is 74.5 Å². The van der Waals surface area contributed by atoms with Crippen LogP contribution in [-0.2, 0) is 29.0 Å². The highest BCUT2D eigenvalue weighted by atomic mass is 32.2. The van der Waals surface area contributed by atoms with Gasteiger partial charge in [0.1, 0.15) is 50.6 Å².